The first-order valence-corrected chi connectivity index (χ1v) is 8.31. The number of halogens is 1. The van der Waals surface area contributed by atoms with Crippen molar-refractivity contribution in [2.75, 3.05) is 33.3 Å². The van der Waals surface area contributed by atoms with Crippen molar-refractivity contribution in [1.29, 1.82) is 0 Å². The fourth-order valence-corrected chi connectivity index (χ4v) is 4.01. The van der Waals surface area contributed by atoms with Gasteiger partial charge in [0, 0.05) is 31.1 Å². The molecule has 21 heavy (non-hydrogen) atoms. The van der Waals surface area contributed by atoms with Crippen LogP contribution < -0.4 is 10.1 Å². The van der Waals surface area contributed by atoms with Gasteiger partial charge in [0.2, 0.25) is 0 Å². The zero-order valence-electron chi connectivity index (χ0n) is 12.0. The number of nitrogens with zero attached hydrogens (tertiary/aromatic N) is 1. The van der Waals surface area contributed by atoms with E-state index >= 15 is 0 Å². The van der Waals surface area contributed by atoms with Gasteiger partial charge in [0.1, 0.15) is 5.75 Å². The maximum Gasteiger partial charge on any atom is 0.119 e. The summed E-state index contributed by atoms with van der Waals surface area (Å²) in [4.78, 5) is 3.79. The number of piperazine rings is 1. The monoisotopic (exact) mass is 322 g/mol. The van der Waals surface area contributed by atoms with Gasteiger partial charge in [0.15, 0.2) is 0 Å². The molecule has 0 bridgehead atoms. The summed E-state index contributed by atoms with van der Waals surface area (Å²) in [5, 5.41) is 3.41. The number of hydrogen-bond donors (Lipinski definition) is 1. The number of thiophene rings is 1. The average molecular weight is 323 g/mol. The Morgan fingerprint density at radius 3 is 2.71 bits per heavy atom. The van der Waals surface area contributed by atoms with E-state index in [1.54, 1.807) is 18.4 Å². The summed E-state index contributed by atoms with van der Waals surface area (Å²) in [5.74, 6) is 0.898. The number of methoxy groups -OCH3 is 1. The Labute approximate surface area is 134 Å². The lowest BCUT2D eigenvalue weighted by molar-refractivity contribution is 0.200. The molecule has 2 aromatic rings. The summed E-state index contributed by atoms with van der Waals surface area (Å²) in [6.45, 7) is 4.13. The molecule has 1 aliphatic rings. The van der Waals surface area contributed by atoms with Crippen LogP contribution in [0.15, 0.2) is 36.4 Å². The van der Waals surface area contributed by atoms with E-state index in [2.05, 4.69) is 34.5 Å². The summed E-state index contributed by atoms with van der Waals surface area (Å²) in [6, 6.07) is 12.7. The third-order valence-corrected chi connectivity index (χ3v) is 5.07. The Kier molecular flexibility index (Phi) is 4.80. The second-order valence-corrected chi connectivity index (χ2v) is 6.85. The molecule has 1 aliphatic heterocycles. The van der Waals surface area contributed by atoms with Crippen LogP contribution in [0.3, 0.4) is 0 Å². The average Bonchev–Trinajstić information content (AvgIpc) is 2.95. The van der Waals surface area contributed by atoms with Crippen molar-refractivity contribution in [2.24, 2.45) is 0 Å². The van der Waals surface area contributed by atoms with Crippen molar-refractivity contribution in [2.45, 2.75) is 6.04 Å². The van der Waals surface area contributed by atoms with Gasteiger partial charge in [-0.1, -0.05) is 23.7 Å². The van der Waals surface area contributed by atoms with E-state index in [4.69, 9.17) is 16.3 Å². The zero-order valence-corrected chi connectivity index (χ0v) is 13.6. The molecule has 1 N–H and O–H groups in total. The summed E-state index contributed by atoms with van der Waals surface area (Å²) < 4.78 is 6.22. The summed E-state index contributed by atoms with van der Waals surface area (Å²) in [5.41, 5.74) is 1.26. The summed E-state index contributed by atoms with van der Waals surface area (Å²) >= 11 is 7.81. The van der Waals surface area contributed by atoms with Crippen LogP contribution in [0, 0.1) is 0 Å². The third-order valence-electron chi connectivity index (χ3n) is 3.79. The van der Waals surface area contributed by atoms with E-state index in [0.717, 1.165) is 36.3 Å². The molecular weight excluding hydrogens is 304 g/mol. The topological polar surface area (TPSA) is 24.5 Å². The largest absolute Gasteiger partial charge is 0.497 e. The molecule has 1 aromatic heterocycles. The maximum absolute atomic E-state index is 6.15. The lowest BCUT2D eigenvalue weighted by Crippen LogP contribution is -2.45. The first-order chi connectivity index (χ1) is 10.3. The van der Waals surface area contributed by atoms with Gasteiger partial charge in [-0.15, -0.1) is 11.3 Å². The normalized spacial score (nSPS) is 17.6. The highest BCUT2D eigenvalue weighted by atomic mass is 35.5. The van der Waals surface area contributed by atoms with Crippen LogP contribution in [0.5, 0.6) is 5.75 Å². The van der Waals surface area contributed by atoms with Crippen molar-refractivity contribution < 1.29 is 4.74 Å². The Morgan fingerprint density at radius 2 is 2.05 bits per heavy atom. The highest BCUT2D eigenvalue weighted by Gasteiger charge is 2.25. The molecule has 1 atom stereocenters. The first-order valence-electron chi connectivity index (χ1n) is 7.12. The van der Waals surface area contributed by atoms with Crippen molar-refractivity contribution in [3.8, 4) is 5.75 Å². The van der Waals surface area contributed by atoms with Gasteiger partial charge in [-0.2, -0.15) is 0 Å². The minimum atomic E-state index is 0.250. The number of benzene rings is 1. The molecule has 0 radical (unpaired) electrons. The molecule has 112 valence electrons. The van der Waals surface area contributed by atoms with Crippen LogP contribution in [-0.4, -0.2) is 38.2 Å². The van der Waals surface area contributed by atoms with Crippen LogP contribution in [0.1, 0.15) is 16.5 Å². The van der Waals surface area contributed by atoms with Crippen LogP contribution in [0.25, 0.3) is 0 Å². The number of hydrogen-bond acceptors (Lipinski definition) is 4. The molecule has 1 aromatic carbocycles. The number of nitrogens with one attached hydrogen (secondary N) is 1. The smallest absolute Gasteiger partial charge is 0.119 e. The quantitative estimate of drug-likeness (QED) is 0.933. The SMILES string of the molecule is COc1cccc(C(c2ccc(Cl)s2)N2CCNCC2)c1. The molecule has 1 saturated heterocycles. The van der Waals surface area contributed by atoms with E-state index < -0.39 is 0 Å². The Hall–Kier alpha value is -1.07. The van der Waals surface area contributed by atoms with Crippen molar-refractivity contribution in [1.82, 2.24) is 10.2 Å². The van der Waals surface area contributed by atoms with Crippen molar-refractivity contribution >= 4 is 22.9 Å². The minimum absolute atomic E-state index is 0.250. The molecule has 1 fully saturated rings. The Balaban J connectivity index is 1.97. The lowest BCUT2D eigenvalue weighted by atomic mass is 10.0. The molecule has 3 rings (SSSR count). The molecular formula is C16H19ClN2OS. The predicted octanol–water partition coefficient (Wildman–Crippen LogP) is 3.40. The number of rotatable bonds is 4. The molecule has 5 heteroatoms. The van der Waals surface area contributed by atoms with Crippen molar-refractivity contribution in [3.05, 3.63) is 51.2 Å². The van der Waals surface area contributed by atoms with Gasteiger partial charge in [-0.3, -0.25) is 4.90 Å². The van der Waals surface area contributed by atoms with Gasteiger partial charge in [-0.05, 0) is 29.8 Å². The summed E-state index contributed by atoms with van der Waals surface area (Å²) in [7, 11) is 1.71. The molecule has 3 nitrogen and oxygen atoms in total. The second-order valence-electron chi connectivity index (χ2n) is 5.11. The van der Waals surface area contributed by atoms with Crippen LogP contribution in [-0.2, 0) is 0 Å². The standard InChI is InChI=1S/C16H19ClN2OS/c1-20-13-4-2-3-12(11-13)16(14-5-6-15(17)21-14)19-9-7-18-8-10-19/h2-6,11,16,18H,7-10H2,1H3. The maximum atomic E-state index is 6.15. The van der Waals surface area contributed by atoms with Crippen molar-refractivity contribution in [3.63, 3.8) is 0 Å². The lowest BCUT2D eigenvalue weighted by Gasteiger charge is -2.34. The molecule has 0 spiro atoms. The molecule has 0 amide bonds. The first kappa shape index (κ1) is 14.9. The Bertz CT molecular complexity index is 595. The molecule has 1 unspecified atom stereocenters. The van der Waals surface area contributed by atoms with Gasteiger partial charge >= 0.3 is 0 Å². The Morgan fingerprint density at radius 1 is 1.24 bits per heavy atom. The van der Waals surface area contributed by atoms with Gasteiger partial charge in [0.05, 0.1) is 17.5 Å². The van der Waals surface area contributed by atoms with E-state index in [1.807, 2.05) is 12.1 Å². The molecule has 0 saturated carbocycles. The molecule has 0 aliphatic carbocycles. The highest BCUT2D eigenvalue weighted by Crippen LogP contribution is 2.36. The third kappa shape index (κ3) is 3.40. The van der Waals surface area contributed by atoms with Gasteiger partial charge < -0.3 is 10.1 Å². The number of ether oxygens (including phenoxy) is 1. The second kappa shape index (κ2) is 6.79. The fraction of sp³-hybridized carbons (Fsp3) is 0.375. The van der Waals surface area contributed by atoms with Crippen LogP contribution >= 0.6 is 22.9 Å². The zero-order chi connectivity index (χ0) is 14.7. The fourth-order valence-electron chi connectivity index (χ4n) is 2.78. The predicted molar refractivity (Wildman–Crippen MR) is 88.6 cm³/mol. The minimum Gasteiger partial charge on any atom is -0.497 e. The van der Waals surface area contributed by atoms with Gasteiger partial charge in [0.25, 0.3) is 0 Å². The van der Waals surface area contributed by atoms with E-state index in [9.17, 15) is 0 Å². The van der Waals surface area contributed by atoms with Crippen LogP contribution in [0.2, 0.25) is 4.34 Å². The van der Waals surface area contributed by atoms with E-state index in [1.165, 1.54) is 10.4 Å². The van der Waals surface area contributed by atoms with E-state index in [0.29, 0.717) is 0 Å². The summed E-state index contributed by atoms with van der Waals surface area (Å²) in [6.07, 6.45) is 0. The van der Waals surface area contributed by atoms with Gasteiger partial charge in [-0.25, -0.2) is 0 Å². The van der Waals surface area contributed by atoms with E-state index in [-0.39, 0.29) is 6.04 Å². The highest BCUT2D eigenvalue weighted by molar-refractivity contribution is 7.16. The molecule has 2 heterocycles. The van der Waals surface area contributed by atoms with Crippen LogP contribution in [0.4, 0.5) is 0 Å².